The summed E-state index contributed by atoms with van der Waals surface area (Å²) in [5.74, 6) is 1.75. The average molecular weight is 373 g/mol. The van der Waals surface area contributed by atoms with Crippen LogP contribution in [0.3, 0.4) is 0 Å². The molecule has 27 heavy (non-hydrogen) atoms. The van der Waals surface area contributed by atoms with E-state index in [4.69, 9.17) is 9.47 Å². The van der Waals surface area contributed by atoms with E-state index in [0.29, 0.717) is 6.61 Å². The third-order valence-electron chi connectivity index (χ3n) is 6.76. The lowest BCUT2D eigenvalue weighted by Crippen LogP contribution is -2.30. The van der Waals surface area contributed by atoms with Gasteiger partial charge < -0.3 is 9.47 Å². The van der Waals surface area contributed by atoms with Gasteiger partial charge in [0.15, 0.2) is 0 Å². The number of unbranched alkanes of at least 4 members (excludes halogenated alkanes) is 4. The zero-order valence-corrected chi connectivity index (χ0v) is 17.6. The van der Waals surface area contributed by atoms with Crippen molar-refractivity contribution in [2.45, 2.75) is 103 Å². The van der Waals surface area contributed by atoms with E-state index >= 15 is 0 Å². The SMILES string of the molecule is CCCCCCCC1CCC(c2ccc(C3COC(CC)CO3)cc2)CC1. The van der Waals surface area contributed by atoms with Crippen molar-refractivity contribution in [3.8, 4) is 0 Å². The van der Waals surface area contributed by atoms with E-state index in [1.807, 2.05) is 0 Å². The summed E-state index contributed by atoms with van der Waals surface area (Å²) in [6, 6.07) is 9.24. The van der Waals surface area contributed by atoms with Crippen molar-refractivity contribution in [2.75, 3.05) is 13.2 Å². The van der Waals surface area contributed by atoms with E-state index in [1.165, 1.54) is 75.3 Å². The third-order valence-corrected chi connectivity index (χ3v) is 6.76. The van der Waals surface area contributed by atoms with Gasteiger partial charge in [0.1, 0.15) is 6.10 Å². The van der Waals surface area contributed by atoms with Crippen LogP contribution in [0.25, 0.3) is 0 Å². The molecule has 1 aromatic rings. The van der Waals surface area contributed by atoms with E-state index < -0.39 is 0 Å². The fourth-order valence-electron chi connectivity index (χ4n) is 4.78. The lowest BCUT2D eigenvalue weighted by atomic mass is 9.77. The lowest BCUT2D eigenvalue weighted by Gasteiger charge is -2.30. The number of benzene rings is 1. The molecule has 1 saturated carbocycles. The molecule has 2 unspecified atom stereocenters. The van der Waals surface area contributed by atoms with Crippen molar-refractivity contribution in [1.29, 1.82) is 0 Å². The van der Waals surface area contributed by atoms with Crippen molar-refractivity contribution in [2.24, 2.45) is 5.92 Å². The Morgan fingerprint density at radius 3 is 2.11 bits per heavy atom. The predicted molar refractivity (Wildman–Crippen MR) is 113 cm³/mol. The molecule has 0 N–H and O–H groups in total. The van der Waals surface area contributed by atoms with Crippen LogP contribution in [0.15, 0.2) is 24.3 Å². The van der Waals surface area contributed by atoms with Crippen molar-refractivity contribution in [1.82, 2.24) is 0 Å². The Hall–Kier alpha value is -0.860. The highest BCUT2D eigenvalue weighted by Crippen LogP contribution is 2.38. The molecule has 3 rings (SSSR count). The van der Waals surface area contributed by atoms with Gasteiger partial charge in [-0.25, -0.2) is 0 Å². The average Bonchev–Trinajstić information content (AvgIpc) is 2.74. The summed E-state index contributed by atoms with van der Waals surface area (Å²) in [7, 11) is 0. The molecular formula is C25H40O2. The summed E-state index contributed by atoms with van der Waals surface area (Å²) in [4.78, 5) is 0. The molecule has 152 valence electrons. The van der Waals surface area contributed by atoms with Crippen LogP contribution in [0.5, 0.6) is 0 Å². The minimum Gasteiger partial charge on any atom is -0.373 e. The normalized spacial score (nSPS) is 29.0. The maximum atomic E-state index is 6.00. The molecule has 1 aliphatic carbocycles. The Balaban J connectivity index is 1.40. The molecule has 2 heteroatoms. The summed E-state index contributed by atoms with van der Waals surface area (Å²) in [5, 5.41) is 0. The highest BCUT2D eigenvalue weighted by molar-refractivity contribution is 5.27. The van der Waals surface area contributed by atoms with E-state index in [1.54, 1.807) is 0 Å². The second-order valence-corrected chi connectivity index (χ2v) is 8.77. The topological polar surface area (TPSA) is 18.5 Å². The zero-order chi connectivity index (χ0) is 18.9. The smallest absolute Gasteiger partial charge is 0.106 e. The molecule has 1 aromatic carbocycles. The van der Waals surface area contributed by atoms with Crippen LogP contribution in [-0.2, 0) is 9.47 Å². The van der Waals surface area contributed by atoms with Crippen LogP contribution in [0.1, 0.15) is 108 Å². The summed E-state index contributed by atoms with van der Waals surface area (Å²) < 4.78 is 11.9. The first-order chi connectivity index (χ1) is 13.3. The molecule has 2 aliphatic rings. The van der Waals surface area contributed by atoms with Gasteiger partial charge >= 0.3 is 0 Å². The Morgan fingerprint density at radius 2 is 1.48 bits per heavy atom. The van der Waals surface area contributed by atoms with Crippen LogP contribution in [0.2, 0.25) is 0 Å². The second-order valence-electron chi connectivity index (χ2n) is 8.77. The Labute approximate surface area is 167 Å². The highest BCUT2D eigenvalue weighted by atomic mass is 16.6. The number of hydrogen-bond donors (Lipinski definition) is 0. The van der Waals surface area contributed by atoms with Gasteiger partial charge in [-0.1, -0.05) is 76.6 Å². The van der Waals surface area contributed by atoms with E-state index in [9.17, 15) is 0 Å². The second kappa shape index (κ2) is 11.2. The van der Waals surface area contributed by atoms with Gasteiger partial charge in [0.2, 0.25) is 0 Å². The summed E-state index contributed by atoms with van der Waals surface area (Å²) in [6.45, 7) is 5.88. The predicted octanol–water partition coefficient (Wildman–Crippen LogP) is 7.19. The van der Waals surface area contributed by atoms with Crippen LogP contribution in [-0.4, -0.2) is 19.3 Å². The number of ether oxygens (including phenoxy) is 2. The molecule has 2 nitrogen and oxygen atoms in total. The van der Waals surface area contributed by atoms with Crippen LogP contribution in [0, 0.1) is 5.92 Å². The summed E-state index contributed by atoms with van der Waals surface area (Å²) in [6.07, 6.45) is 15.6. The van der Waals surface area contributed by atoms with Gasteiger partial charge in [-0.2, -0.15) is 0 Å². The van der Waals surface area contributed by atoms with Crippen LogP contribution < -0.4 is 0 Å². The van der Waals surface area contributed by atoms with Crippen molar-refractivity contribution in [3.05, 3.63) is 35.4 Å². The van der Waals surface area contributed by atoms with Crippen LogP contribution >= 0.6 is 0 Å². The van der Waals surface area contributed by atoms with Crippen molar-refractivity contribution < 1.29 is 9.47 Å². The Morgan fingerprint density at radius 1 is 0.778 bits per heavy atom. The van der Waals surface area contributed by atoms with Crippen LogP contribution in [0.4, 0.5) is 0 Å². The lowest BCUT2D eigenvalue weighted by molar-refractivity contribution is -0.135. The molecule has 0 spiro atoms. The van der Waals surface area contributed by atoms with Gasteiger partial charge in [-0.05, 0) is 55.1 Å². The first-order valence-electron chi connectivity index (χ1n) is 11.6. The van der Waals surface area contributed by atoms with E-state index in [0.717, 1.165) is 24.9 Å². The summed E-state index contributed by atoms with van der Waals surface area (Å²) >= 11 is 0. The molecule has 2 atom stereocenters. The fourth-order valence-corrected chi connectivity index (χ4v) is 4.78. The van der Waals surface area contributed by atoms with Gasteiger partial charge in [0.05, 0.1) is 19.3 Å². The van der Waals surface area contributed by atoms with E-state index in [2.05, 4.69) is 38.1 Å². The molecule has 0 aromatic heterocycles. The minimum absolute atomic E-state index is 0.116. The highest BCUT2D eigenvalue weighted by Gasteiger charge is 2.24. The Bertz CT molecular complexity index is 508. The molecular weight excluding hydrogens is 332 g/mol. The molecule has 0 radical (unpaired) electrons. The summed E-state index contributed by atoms with van der Waals surface area (Å²) in [5.41, 5.74) is 2.80. The van der Waals surface area contributed by atoms with Crippen molar-refractivity contribution >= 4 is 0 Å². The molecule has 1 heterocycles. The van der Waals surface area contributed by atoms with Crippen molar-refractivity contribution in [3.63, 3.8) is 0 Å². The molecule has 0 bridgehead atoms. The van der Waals surface area contributed by atoms with Gasteiger partial charge in [-0.15, -0.1) is 0 Å². The molecule has 1 saturated heterocycles. The maximum absolute atomic E-state index is 6.00. The maximum Gasteiger partial charge on any atom is 0.106 e. The monoisotopic (exact) mass is 372 g/mol. The standard InChI is InChI=1S/C25H40O2/c1-3-5-6-7-8-9-20-10-12-21(13-11-20)22-14-16-23(17-15-22)25-19-26-24(4-2)18-27-25/h14-17,20-21,24-25H,3-13,18-19H2,1-2H3. The van der Waals surface area contributed by atoms with E-state index in [-0.39, 0.29) is 12.2 Å². The van der Waals surface area contributed by atoms with Gasteiger partial charge in [0, 0.05) is 0 Å². The third kappa shape index (κ3) is 6.32. The first kappa shape index (κ1) is 20.9. The first-order valence-corrected chi connectivity index (χ1v) is 11.6. The van der Waals surface area contributed by atoms with Gasteiger partial charge in [0.25, 0.3) is 0 Å². The zero-order valence-electron chi connectivity index (χ0n) is 17.6. The minimum atomic E-state index is 0.116. The fraction of sp³-hybridized carbons (Fsp3) is 0.760. The largest absolute Gasteiger partial charge is 0.373 e. The quantitative estimate of drug-likeness (QED) is 0.427. The molecule has 0 amide bonds. The number of rotatable bonds is 9. The Kier molecular flexibility index (Phi) is 8.67. The number of hydrogen-bond acceptors (Lipinski definition) is 2. The van der Waals surface area contributed by atoms with Gasteiger partial charge in [-0.3, -0.25) is 0 Å². The molecule has 2 fully saturated rings. The molecule has 1 aliphatic heterocycles.